The second-order valence-corrected chi connectivity index (χ2v) is 6.71. The molecule has 126 valence electrons. The lowest BCUT2D eigenvalue weighted by atomic mass is 10.2. The van der Waals surface area contributed by atoms with E-state index in [0.29, 0.717) is 11.3 Å². The summed E-state index contributed by atoms with van der Waals surface area (Å²) in [4.78, 5) is 39.1. The fraction of sp³-hybridized carbons (Fsp3) is 0.200. The molecule has 0 aliphatic rings. The molecule has 1 aromatic carbocycles. The monoisotopic (exact) mass is 365 g/mol. The summed E-state index contributed by atoms with van der Waals surface area (Å²) in [6.07, 6.45) is 0. The maximum Gasteiger partial charge on any atom is 0.339 e. The van der Waals surface area contributed by atoms with E-state index in [2.05, 4.69) is 4.98 Å². The van der Waals surface area contributed by atoms with E-state index in [-0.39, 0.29) is 0 Å². The van der Waals surface area contributed by atoms with Crippen molar-refractivity contribution < 1.29 is 19.1 Å². The smallest absolute Gasteiger partial charge is 0.339 e. The minimum Gasteiger partial charge on any atom is -0.452 e. The highest BCUT2D eigenvalue weighted by Gasteiger charge is 2.15. The van der Waals surface area contributed by atoms with Crippen LogP contribution < -0.4 is 11.1 Å². The average molecular weight is 365 g/mol. The number of primary amides is 1. The number of thiazole rings is 1. The third-order valence-electron chi connectivity index (χ3n) is 2.75. The van der Waals surface area contributed by atoms with Gasteiger partial charge in [-0.2, -0.15) is 0 Å². The molecule has 3 N–H and O–H groups in total. The number of thioether (sulfide) groups is 1. The molecule has 24 heavy (non-hydrogen) atoms. The molecule has 0 saturated heterocycles. The van der Waals surface area contributed by atoms with Crippen molar-refractivity contribution >= 4 is 41.0 Å². The largest absolute Gasteiger partial charge is 0.452 e. The van der Waals surface area contributed by atoms with Crippen LogP contribution in [0.5, 0.6) is 0 Å². The second kappa shape index (κ2) is 8.46. The van der Waals surface area contributed by atoms with E-state index in [4.69, 9.17) is 10.5 Å². The third-order valence-corrected chi connectivity index (χ3v) is 4.68. The van der Waals surface area contributed by atoms with Crippen molar-refractivity contribution in [2.24, 2.45) is 5.73 Å². The van der Waals surface area contributed by atoms with Crippen LogP contribution in [0.1, 0.15) is 21.1 Å². The van der Waals surface area contributed by atoms with Gasteiger partial charge in [-0.05, 0) is 19.1 Å². The van der Waals surface area contributed by atoms with Crippen LogP contribution in [0.15, 0.2) is 34.5 Å². The summed E-state index contributed by atoms with van der Waals surface area (Å²) in [6, 6.07) is 5.93. The SMILES string of the molecule is Cc1nc(CSc2ccccc2C(=O)OCC(=O)NC(N)=O)cs1. The van der Waals surface area contributed by atoms with Gasteiger partial charge in [0.1, 0.15) is 0 Å². The highest BCUT2D eigenvalue weighted by Crippen LogP contribution is 2.27. The Labute approximate surface area is 146 Å². The Morgan fingerprint density at radius 3 is 2.75 bits per heavy atom. The Morgan fingerprint density at radius 2 is 2.08 bits per heavy atom. The molecule has 1 heterocycles. The van der Waals surface area contributed by atoms with Gasteiger partial charge in [0.05, 0.1) is 16.3 Å². The van der Waals surface area contributed by atoms with Crippen LogP contribution in [0.4, 0.5) is 4.79 Å². The number of aryl methyl sites for hydroxylation is 1. The summed E-state index contributed by atoms with van der Waals surface area (Å²) in [5.41, 5.74) is 6.10. The summed E-state index contributed by atoms with van der Waals surface area (Å²) >= 11 is 3.02. The Balaban J connectivity index is 1.98. The molecule has 2 aromatic rings. The number of urea groups is 1. The van der Waals surface area contributed by atoms with Gasteiger partial charge in [0.25, 0.3) is 5.91 Å². The summed E-state index contributed by atoms with van der Waals surface area (Å²) in [6.45, 7) is 1.35. The molecule has 0 fully saturated rings. The molecule has 0 bridgehead atoms. The van der Waals surface area contributed by atoms with Crippen molar-refractivity contribution in [2.75, 3.05) is 6.61 Å². The molecule has 1 aromatic heterocycles. The van der Waals surface area contributed by atoms with Crippen molar-refractivity contribution in [1.29, 1.82) is 0 Å². The van der Waals surface area contributed by atoms with Crippen molar-refractivity contribution in [3.8, 4) is 0 Å². The van der Waals surface area contributed by atoms with Gasteiger partial charge < -0.3 is 10.5 Å². The molecule has 0 unspecified atom stereocenters. The summed E-state index contributed by atoms with van der Waals surface area (Å²) in [5, 5.41) is 4.78. The Morgan fingerprint density at radius 1 is 1.33 bits per heavy atom. The van der Waals surface area contributed by atoms with Crippen LogP contribution in [0.25, 0.3) is 0 Å². The molecular weight excluding hydrogens is 350 g/mol. The number of benzene rings is 1. The van der Waals surface area contributed by atoms with Crippen molar-refractivity contribution in [3.63, 3.8) is 0 Å². The first-order chi connectivity index (χ1) is 11.5. The summed E-state index contributed by atoms with van der Waals surface area (Å²) in [7, 11) is 0. The number of carbonyl (C=O) groups excluding carboxylic acids is 3. The molecule has 0 radical (unpaired) electrons. The maximum atomic E-state index is 12.1. The minimum atomic E-state index is -0.995. The van der Waals surface area contributed by atoms with Crippen LogP contribution in [0.2, 0.25) is 0 Å². The van der Waals surface area contributed by atoms with Gasteiger partial charge in [0, 0.05) is 16.0 Å². The molecule has 3 amide bonds. The molecule has 9 heteroatoms. The van der Waals surface area contributed by atoms with Gasteiger partial charge in [-0.25, -0.2) is 14.6 Å². The van der Waals surface area contributed by atoms with E-state index >= 15 is 0 Å². The molecule has 0 spiro atoms. The lowest BCUT2D eigenvalue weighted by molar-refractivity contribution is -0.123. The fourth-order valence-electron chi connectivity index (χ4n) is 1.77. The molecule has 0 atom stereocenters. The number of hydrogen-bond donors (Lipinski definition) is 2. The standard InChI is InChI=1S/C15H15N3O4S2/c1-9-17-10(7-23-9)8-24-12-5-3-2-4-11(12)14(20)22-6-13(19)18-15(16)21/h2-5,7H,6,8H2,1H3,(H3,16,18,19,21). The zero-order chi connectivity index (χ0) is 17.5. The predicted molar refractivity (Wildman–Crippen MR) is 90.9 cm³/mol. The van der Waals surface area contributed by atoms with Gasteiger partial charge in [0.2, 0.25) is 0 Å². The van der Waals surface area contributed by atoms with E-state index < -0.39 is 24.5 Å². The van der Waals surface area contributed by atoms with E-state index in [1.807, 2.05) is 23.7 Å². The number of carbonyl (C=O) groups is 3. The Kier molecular flexibility index (Phi) is 6.33. The van der Waals surface area contributed by atoms with E-state index in [9.17, 15) is 14.4 Å². The zero-order valence-electron chi connectivity index (χ0n) is 12.8. The number of nitrogens with two attached hydrogens (primary N) is 1. The van der Waals surface area contributed by atoms with Gasteiger partial charge in [0.15, 0.2) is 6.61 Å². The highest BCUT2D eigenvalue weighted by atomic mass is 32.2. The van der Waals surface area contributed by atoms with Gasteiger partial charge in [-0.1, -0.05) is 12.1 Å². The Bertz CT molecular complexity index is 761. The van der Waals surface area contributed by atoms with Gasteiger partial charge in [-0.3, -0.25) is 10.1 Å². The van der Waals surface area contributed by atoms with Crippen LogP contribution in [-0.2, 0) is 15.3 Å². The predicted octanol–water partition coefficient (Wildman–Crippen LogP) is 2.10. The van der Waals surface area contributed by atoms with Crippen molar-refractivity contribution in [2.45, 2.75) is 17.6 Å². The first-order valence-electron chi connectivity index (χ1n) is 6.85. The molecule has 0 aliphatic heterocycles. The highest BCUT2D eigenvalue weighted by molar-refractivity contribution is 7.98. The molecular formula is C15H15N3O4S2. The lowest BCUT2D eigenvalue weighted by Crippen LogP contribution is -2.37. The number of rotatable bonds is 6. The normalized spacial score (nSPS) is 10.2. The number of nitrogens with zero attached hydrogens (tertiary/aromatic N) is 1. The van der Waals surface area contributed by atoms with Gasteiger partial charge >= 0.3 is 12.0 Å². The first-order valence-corrected chi connectivity index (χ1v) is 8.71. The molecule has 7 nitrogen and oxygen atoms in total. The number of nitrogens with one attached hydrogen (secondary N) is 1. The number of imide groups is 1. The first kappa shape index (κ1) is 18.0. The Hall–Kier alpha value is -2.39. The number of ether oxygens (including phenoxy) is 1. The van der Waals surface area contributed by atoms with Crippen LogP contribution in [0, 0.1) is 6.92 Å². The molecule has 0 aliphatic carbocycles. The topological polar surface area (TPSA) is 111 Å². The summed E-state index contributed by atoms with van der Waals surface area (Å²) in [5.74, 6) is -0.803. The lowest BCUT2D eigenvalue weighted by Gasteiger charge is -2.08. The maximum absolute atomic E-state index is 12.1. The average Bonchev–Trinajstić information content (AvgIpc) is 2.96. The van der Waals surface area contributed by atoms with Crippen molar-refractivity contribution in [3.05, 3.63) is 45.9 Å². The van der Waals surface area contributed by atoms with Crippen molar-refractivity contribution in [1.82, 2.24) is 10.3 Å². The van der Waals surface area contributed by atoms with Crippen LogP contribution in [-0.4, -0.2) is 29.5 Å². The van der Waals surface area contributed by atoms with E-state index in [1.54, 1.807) is 29.5 Å². The quantitative estimate of drug-likeness (QED) is 0.599. The number of aromatic nitrogens is 1. The van der Waals surface area contributed by atoms with Crippen LogP contribution >= 0.6 is 23.1 Å². The third kappa shape index (κ3) is 5.36. The summed E-state index contributed by atoms with van der Waals surface area (Å²) < 4.78 is 4.90. The van der Waals surface area contributed by atoms with Crippen LogP contribution in [0.3, 0.4) is 0 Å². The second-order valence-electron chi connectivity index (χ2n) is 4.63. The number of hydrogen-bond acceptors (Lipinski definition) is 7. The van der Waals surface area contributed by atoms with E-state index in [0.717, 1.165) is 15.6 Å². The van der Waals surface area contributed by atoms with Gasteiger partial charge in [-0.15, -0.1) is 23.1 Å². The fourth-order valence-corrected chi connectivity index (χ4v) is 3.42. The number of esters is 1. The molecule has 0 saturated carbocycles. The zero-order valence-corrected chi connectivity index (χ0v) is 14.4. The van der Waals surface area contributed by atoms with E-state index in [1.165, 1.54) is 11.8 Å². The number of amides is 3. The molecule has 2 rings (SSSR count). The minimum absolute atomic E-state index is 0.348.